The number of rotatable bonds is 5. The quantitative estimate of drug-likeness (QED) is 0.420. The largest absolute Gasteiger partial charge is 0.457 e. The zero-order chi connectivity index (χ0) is 22.7. The van der Waals surface area contributed by atoms with E-state index in [2.05, 4.69) is 54.6 Å². The van der Waals surface area contributed by atoms with Gasteiger partial charge in [0.05, 0.1) is 5.52 Å². The zero-order valence-electron chi connectivity index (χ0n) is 18.6. The number of carbonyl (C=O) groups excluding carboxylic acids is 1. The van der Waals surface area contributed by atoms with Crippen molar-refractivity contribution >= 4 is 28.3 Å². The molecule has 2 aromatic heterocycles. The molecule has 0 radical (unpaired) electrons. The van der Waals surface area contributed by atoms with Gasteiger partial charge in [-0.3, -0.25) is 9.78 Å². The molecule has 1 amide bonds. The van der Waals surface area contributed by atoms with Crippen LogP contribution in [0.1, 0.15) is 36.8 Å². The molecule has 4 rings (SSSR count). The molecule has 0 saturated heterocycles. The Morgan fingerprint density at radius 1 is 0.938 bits per heavy atom. The van der Waals surface area contributed by atoms with Crippen molar-refractivity contribution in [2.45, 2.75) is 26.2 Å². The van der Waals surface area contributed by atoms with Crippen molar-refractivity contribution in [3.63, 3.8) is 0 Å². The van der Waals surface area contributed by atoms with Crippen molar-refractivity contribution in [2.75, 3.05) is 12.4 Å². The van der Waals surface area contributed by atoms with Crippen molar-refractivity contribution in [3.8, 4) is 11.5 Å². The van der Waals surface area contributed by atoms with Gasteiger partial charge < -0.3 is 15.4 Å². The maximum absolute atomic E-state index is 11.8. The van der Waals surface area contributed by atoms with Gasteiger partial charge in [0, 0.05) is 30.4 Å². The summed E-state index contributed by atoms with van der Waals surface area (Å²) in [5.41, 5.74) is 3.52. The molecule has 162 valence electrons. The highest BCUT2D eigenvalue weighted by Crippen LogP contribution is 2.28. The summed E-state index contributed by atoms with van der Waals surface area (Å²) in [6.07, 6.45) is 1.55. The predicted molar refractivity (Wildman–Crippen MR) is 128 cm³/mol. The number of anilines is 2. The van der Waals surface area contributed by atoms with E-state index in [0.29, 0.717) is 17.2 Å². The summed E-state index contributed by atoms with van der Waals surface area (Å²) in [4.78, 5) is 20.6. The van der Waals surface area contributed by atoms with E-state index in [1.54, 1.807) is 25.4 Å². The van der Waals surface area contributed by atoms with E-state index in [0.717, 1.165) is 22.4 Å². The smallest absolute Gasteiger partial charge is 0.269 e. The number of fused-ring (bicyclic) bond motifs is 1. The molecule has 2 N–H and O–H groups in total. The molecule has 0 unspecified atom stereocenters. The van der Waals surface area contributed by atoms with Crippen molar-refractivity contribution < 1.29 is 9.53 Å². The number of benzene rings is 2. The summed E-state index contributed by atoms with van der Waals surface area (Å²) in [5.74, 6) is 1.72. The minimum atomic E-state index is -0.258. The fourth-order valence-corrected chi connectivity index (χ4v) is 3.31. The second-order valence-electron chi connectivity index (χ2n) is 8.56. The average Bonchev–Trinajstić information content (AvgIpc) is 2.78. The van der Waals surface area contributed by atoms with Crippen LogP contribution in [0.3, 0.4) is 0 Å². The first kappa shape index (κ1) is 21.3. The van der Waals surface area contributed by atoms with Crippen LogP contribution in [0.25, 0.3) is 10.9 Å². The Morgan fingerprint density at radius 3 is 2.53 bits per heavy atom. The number of hydrogen-bond acceptors (Lipinski definition) is 5. The number of nitrogens with zero attached hydrogens (tertiary/aromatic N) is 2. The van der Waals surface area contributed by atoms with Crippen LogP contribution in [0.15, 0.2) is 72.9 Å². The number of nitrogens with one attached hydrogen (secondary N) is 2. The lowest BCUT2D eigenvalue weighted by molar-refractivity contribution is 0.0958. The SMILES string of the molecule is CNC(=O)c1cc(Oc2ccc3nc(Nc4cccc(C(C)(C)C)c4)ccc3c2)ccn1. The second-order valence-corrected chi connectivity index (χ2v) is 8.56. The number of hydrogen-bond donors (Lipinski definition) is 2. The molecule has 32 heavy (non-hydrogen) atoms. The number of carbonyl (C=O) groups is 1. The number of amides is 1. The molecule has 2 aromatic carbocycles. The Bertz CT molecular complexity index is 1280. The first-order valence-electron chi connectivity index (χ1n) is 10.5. The lowest BCUT2D eigenvalue weighted by Crippen LogP contribution is -2.18. The van der Waals surface area contributed by atoms with E-state index >= 15 is 0 Å². The Labute approximate surface area is 187 Å². The van der Waals surface area contributed by atoms with E-state index in [9.17, 15) is 4.79 Å². The minimum absolute atomic E-state index is 0.0842. The third-order valence-electron chi connectivity index (χ3n) is 5.09. The van der Waals surface area contributed by atoms with E-state index in [1.165, 1.54) is 5.56 Å². The van der Waals surface area contributed by atoms with Crippen molar-refractivity contribution in [3.05, 3.63) is 84.2 Å². The molecule has 6 heteroatoms. The molecule has 0 saturated carbocycles. The predicted octanol–water partition coefficient (Wildman–Crippen LogP) is 5.82. The maximum atomic E-state index is 11.8. The van der Waals surface area contributed by atoms with Crippen molar-refractivity contribution in [1.29, 1.82) is 0 Å². The molecule has 0 fully saturated rings. The van der Waals surface area contributed by atoms with Crippen molar-refractivity contribution in [1.82, 2.24) is 15.3 Å². The van der Waals surface area contributed by atoms with E-state index < -0.39 is 0 Å². The monoisotopic (exact) mass is 426 g/mol. The summed E-state index contributed by atoms with van der Waals surface area (Å²) in [7, 11) is 1.57. The standard InChI is InChI=1S/C26H26N4O2/c1-26(2,3)18-6-5-7-19(15-18)29-24-11-8-17-14-20(9-10-22(17)30-24)32-21-12-13-28-23(16-21)25(31)27-4/h5-16H,1-4H3,(H,27,31)(H,29,30). The van der Waals surface area contributed by atoms with Gasteiger partial charge in [0.1, 0.15) is 23.0 Å². The molecule has 0 aliphatic heterocycles. The Balaban J connectivity index is 1.53. The third kappa shape index (κ3) is 4.86. The van der Waals surface area contributed by atoms with Crippen molar-refractivity contribution in [2.24, 2.45) is 0 Å². The fraction of sp³-hybridized carbons (Fsp3) is 0.192. The highest BCUT2D eigenvalue weighted by Gasteiger charge is 2.14. The molecule has 0 atom stereocenters. The van der Waals surface area contributed by atoms with Crippen LogP contribution in [0.5, 0.6) is 11.5 Å². The van der Waals surface area contributed by atoms with Gasteiger partial charge in [-0.2, -0.15) is 0 Å². The lowest BCUT2D eigenvalue weighted by Gasteiger charge is -2.20. The molecule has 2 heterocycles. The fourth-order valence-electron chi connectivity index (χ4n) is 3.31. The molecular formula is C26H26N4O2. The van der Waals surface area contributed by atoms with Crippen LogP contribution in [-0.2, 0) is 5.41 Å². The third-order valence-corrected chi connectivity index (χ3v) is 5.09. The van der Waals surface area contributed by atoms with Gasteiger partial charge in [-0.1, -0.05) is 32.9 Å². The molecule has 0 bridgehead atoms. The molecule has 0 aliphatic rings. The lowest BCUT2D eigenvalue weighted by atomic mass is 9.87. The van der Waals surface area contributed by atoms with Gasteiger partial charge in [-0.25, -0.2) is 4.98 Å². The minimum Gasteiger partial charge on any atom is -0.457 e. The summed E-state index contributed by atoms with van der Waals surface area (Å²) < 4.78 is 5.93. The molecular weight excluding hydrogens is 400 g/mol. The Kier molecular flexibility index (Phi) is 5.77. The first-order valence-corrected chi connectivity index (χ1v) is 10.5. The van der Waals surface area contributed by atoms with Crippen LogP contribution in [0, 0.1) is 0 Å². The summed E-state index contributed by atoms with van der Waals surface area (Å²) in [6.45, 7) is 6.60. The van der Waals surface area contributed by atoms with Crippen LogP contribution >= 0.6 is 0 Å². The molecule has 4 aromatic rings. The highest BCUT2D eigenvalue weighted by molar-refractivity contribution is 5.92. The number of ether oxygens (including phenoxy) is 1. The van der Waals surface area contributed by atoms with Gasteiger partial charge in [-0.05, 0) is 59.5 Å². The summed E-state index contributed by atoms with van der Waals surface area (Å²) >= 11 is 0. The molecule has 0 aliphatic carbocycles. The normalized spacial score (nSPS) is 11.2. The van der Waals surface area contributed by atoms with E-state index in [1.807, 2.05) is 36.4 Å². The van der Waals surface area contributed by atoms with Gasteiger partial charge in [-0.15, -0.1) is 0 Å². The Hall–Kier alpha value is -3.93. The van der Waals surface area contributed by atoms with Crippen LogP contribution in [0.2, 0.25) is 0 Å². The number of aromatic nitrogens is 2. The van der Waals surface area contributed by atoms with Gasteiger partial charge in [0.2, 0.25) is 0 Å². The second kappa shape index (κ2) is 8.67. The van der Waals surface area contributed by atoms with Gasteiger partial charge in [0.15, 0.2) is 0 Å². The van der Waals surface area contributed by atoms with Crippen LogP contribution in [-0.4, -0.2) is 22.9 Å². The molecule has 0 spiro atoms. The average molecular weight is 427 g/mol. The summed E-state index contributed by atoms with van der Waals surface area (Å²) in [5, 5.41) is 6.91. The van der Waals surface area contributed by atoms with Crippen LogP contribution in [0.4, 0.5) is 11.5 Å². The van der Waals surface area contributed by atoms with Crippen LogP contribution < -0.4 is 15.4 Å². The zero-order valence-corrected chi connectivity index (χ0v) is 18.6. The topological polar surface area (TPSA) is 76.1 Å². The molecule has 6 nitrogen and oxygen atoms in total. The number of pyridine rings is 2. The van der Waals surface area contributed by atoms with E-state index in [4.69, 9.17) is 9.72 Å². The van der Waals surface area contributed by atoms with Gasteiger partial charge >= 0.3 is 0 Å². The highest BCUT2D eigenvalue weighted by atomic mass is 16.5. The van der Waals surface area contributed by atoms with E-state index in [-0.39, 0.29) is 11.3 Å². The maximum Gasteiger partial charge on any atom is 0.269 e. The summed E-state index contributed by atoms with van der Waals surface area (Å²) in [6, 6.07) is 21.4. The Morgan fingerprint density at radius 2 is 1.75 bits per heavy atom. The van der Waals surface area contributed by atoms with Gasteiger partial charge in [0.25, 0.3) is 5.91 Å². The first-order chi connectivity index (χ1) is 15.3.